The summed E-state index contributed by atoms with van der Waals surface area (Å²) in [6.07, 6.45) is 0. The Labute approximate surface area is 371 Å². The molecule has 0 fully saturated rings. The first-order valence-corrected chi connectivity index (χ1v) is 21.9. The Morgan fingerprint density at radius 2 is 0.862 bits per heavy atom. The number of furan rings is 1. The maximum atomic E-state index is 6.82. The lowest BCUT2D eigenvalue weighted by molar-refractivity contribution is 0.669. The van der Waals surface area contributed by atoms with Crippen LogP contribution in [0.1, 0.15) is 0 Å². The van der Waals surface area contributed by atoms with Gasteiger partial charge in [0.2, 0.25) is 0 Å². The van der Waals surface area contributed by atoms with Crippen molar-refractivity contribution in [1.29, 1.82) is 0 Å². The summed E-state index contributed by atoms with van der Waals surface area (Å²) < 4.78 is 11.6. The summed E-state index contributed by atoms with van der Waals surface area (Å²) in [5.41, 5.74) is 10.7. The molecule has 10 aromatic carbocycles. The van der Waals surface area contributed by atoms with Gasteiger partial charge in [-0.2, -0.15) is 0 Å². The molecule has 4 aromatic heterocycles. The van der Waals surface area contributed by atoms with Crippen molar-refractivity contribution in [3.05, 3.63) is 212 Å². The maximum absolute atomic E-state index is 6.82. The molecule has 6 nitrogen and oxygen atoms in total. The maximum Gasteiger partial charge on any atom is 0.166 e. The third-order valence-electron chi connectivity index (χ3n) is 13.1. The molecule has 0 atom stereocenters. The summed E-state index contributed by atoms with van der Waals surface area (Å²) in [4.78, 5) is 16.1. The minimum absolute atomic E-state index is 0.566. The van der Waals surface area contributed by atoms with Gasteiger partial charge in [-0.05, 0) is 88.3 Å². The fourth-order valence-corrected chi connectivity index (χ4v) is 10.2. The Balaban J connectivity index is 1.10. The summed E-state index contributed by atoms with van der Waals surface area (Å²) in [5, 5.41) is 11.3. The Morgan fingerprint density at radius 3 is 1.60 bits per heavy atom. The van der Waals surface area contributed by atoms with Crippen LogP contribution in [0.2, 0.25) is 0 Å². The number of nitrogens with zero attached hydrogens (tertiary/aromatic N) is 5. The van der Waals surface area contributed by atoms with Gasteiger partial charge >= 0.3 is 0 Å². The lowest BCUT2D eigenvalue weighted by Crippen LogP contribution is -2.04. The lowest BCUT2D eigenvalue weighted by Gasteiger charge is -2.16. The highest BCUT2D eigenvalue weighted by Gasteiger charge is 2.25. The van der Waals surface area contributed by atoms with E-state index >= 15 is 0 Å². The summed E-state index contributed by atoms with van der Waals surface area (Å²) >= 11 is 0. The van der Waals surface area contributed by atoms with Crippen molar-refractivity contribution in [3.63, 3.8) is 0 Å². The molecule has 0 aliphatic carbocycles. The van der Waals surface area contributed by atoms with Gasteiger partial charge in [0, 0.05) is 49.3 Å². The van der Waals surface area contributed by atoms with E-state index in [2.05, 4.69) is 203 Å². The minimum atomic E-state index is 0.566. The second-order valence-corrected chi connectivity index (χ2v) is 16.8. The molecule has 14 rings (SSSR count). The van der Waals surface area contributed by atoms with Gasteiger partial charge in [0.1, 0.15) is 11.2 Å². The molecule has 0 unspecified atom stereocenters. The second kappa shape index (κ2) is 13.8. The van der Waals surface area contributed by atoms with Crippen molar-refractivity contribution in [1.82, 2.24) is 24.1 Å². The van der Waals surface area contributed by atoms with E-state index < -0.39 is 0 Å². The standard InChI is InChI=1S/C59H35N5O/c1-3-15-36(16-4-1)57-60-58(41-27-28-45-43-23-11-13-25-49(43)63(51(45)34-41)42-21-5-2-6-22-42)62-59(61-57)46-29-30-53-55(48-32-38-18-8-10-20-40(38)35-54(48)65-53)56(46)64-50-26-14-12-24-44(50)47-31-37-17-7-9-19-39(37)33-52(47)64/h1-35H. The van der Waals surface area contributed by atoms with Crippen LogP contribution in [0.4, 0.5) is 0 Å². The van der Waals surface area contributed by atoms with Crippen molar-refractivity contribution < 1.29 is 4.42 Å². The minimum Gasteiger partial charge on any atom is -0.456 e. The van der Waals surface area contributed by atoms with Gasteiger partial charge in [-0.3, -0.25) is 0 Å². The predicted octanol–water partition coefficient (Wildman–Crippen LogP) is 15.3. The third kappa shape index (κ3) is 5.44. The van der Waals surface area contributed by atoms with Gasteiger partial charge in [0.15, 0.2) is 17.5 Å². The SMILES string of the molecule is c1ccc(-c2nc(-c3ccc4c5ccccc5n(-c5ccccc5)c4c3)nc(-c3ccc4oc5cc6ccccc6cc5c4c3-n3c4ccccc4c4cc5ccccc5cc43)n2)cc1. The largest absolute Gasteiger partial charge is 0.456 e. The van der Waals surface area contributed by atoms with Crippen LogP contribution in [-0.2, 0) is 0 Å². The molecule has 0 saturated carbocycles. The van der Waals surface area contributed by atoms with E-state index in [-0.39, 0.29) is 0 Å². The molecule has 0 bridgehead atoms. The van der Waals surface area contributed by atoms with Gasteiger partial charge in [0.05, 0.1) is 33.1 Å². The van der Waals surface area contributed by atoms with E-state index in [1.54, 1.807) is 0 Å². The van der Waals surface area contributed by atoms with Crippen molar-refractivity contribution >= 4 is 87.1 Å². The monoisotopic (exact) mass is 829 g/mol. The topological polar surface area (TPSA) is 61.7 Å². The molecule has 14 aromatic rings. The molecule has 0 aliphatic heterocycles. The zero-order chi connectivity index (χ0) is 42.6. The van der Waals surface area contributed by atoms with Gasteiger partial charge < -0.3 is 13.6 Å². The van der Waals surface area contributed by atoms with Crippen LogP contribution < -0.4 is 0 Å². The van der Waals surface area contributed by atoms with Crippen molar-refractivity contribution in [2.75, 3.05) is 0 Å². The van der Waals surface area contributed by atoms with E-state index in [9.17, 15) is 0 Å². The number of fused-ring (bicyclic) bond motifs is 11. The molecule has 4 heterocycles. The molecule has 302 valence electrons. The number of hydrogen-bond donors (Lipinski definition) is 0. The van der Waals surface area contributed by atoms with Crippen LogP contribution in [0.15, 0.2) is 217 Å². The molecule has 0 amide bonds. The second-order valence-electron chi connectivity index (χ2n) is 16.8. The smallest absolute Gasteiger partial charge is 0.166 e. The quantitative estimate of drug-likeness (QED) is 0.173. The summed E-state index contributed by atoms with van der Waals surface area (Å²) in [5.74, 6) is 1.75. The fourth-order valence-electron chi connectivity index (χ4n) is 10.2. The van der Waals surface area contributed by atoms with Crippen molar-refractivity contribution in [2.45, 2.75) is 0 Å². The molecule has 0 N–H and O–H groups in total. The van der Waals surface area contributed by atoms with Crippen LogP contribution >= 0.6 is 0 Å². The van der Waals surface area contributed by atoms with Crippen LogP contribution in [0.25, 0.3) is 133 Å². The van der Waals surface area contributed by atoms with Crippen molar-refractivity contribution in [3.8, 4) is 45.5 Å². The molecule has 65 heavy (non-hydrogen) atoms. The molecule has 0 aliphatic rings. The van der Waals surface area contributed by atoms with Gasteiger partial charge in [-0.1, -0.05) is 146 Å². The normalized spacial score (nSPS) is 12.0. The zero-order valence-electron chi connectivity index (χ0n) is 34.9. The van der Waals surface area contributed by atoms with Crippen LogP contribution in [0.5, 0.6) is 0 Å². The number of para-hydroxylation sites is 3. The van der Waals surface area contributed by atoms with Crippen LogP contribution in [-0.4, -0.2) is 24.1 Å². The molecule has 6 heteroatoms. The zero-order valence-corrected chi connectivity index (χ0v) is 34.9. The Kier molecular flexibility index (Phi) is 7.59. The average Bonchev–Trinajstić information content (AvgIpc) is 4.01. The van der Waals surface area contributed by atoms with Gasteiger partial charge in [-0.25, -0.2) is 15.0 Å². The van der Waals surface area contributed by atoms with Crippen LogP contribution in [0.3, 0.4) is 0 Å². The average molecular weight is 830 g/mol. The number of hydrogen-bond acceptors (Lipinski definition) is 4. The Bertz CT molecular complexity index is 4240. The molecule has 0 radical (unpaired) electrons. The highest BCUT2D eigenvalue weighted by molar-refractivity contribution is 6.19. The first kappa shape index (κ1) is 35.7. The van der Waals surface area contributed by atoms with Crippen molar-refractivity contribution in [2.24, 2.45) is 0 Å². The lowest BCUT2D eigenvalue weighted by atomic mass is 10.0. The summed E-state index contributed by atoms with van der Waals surface area (Å²) in [6, 6.07) is 75.0. The Morgan fingerprint density at radius 1 is 0.323 bits per heavy atom. The number of aromatic nitrogens is 5. The number of rotatable bonds is 5. The first-order chi connectivity index (χ1) is 32.2. The molecular formula is C59H35N5O. The summed E-state index contributed by atoms with van der Waals surface area (Å²) in [7, 11) is 0. The predicted molar refractivity (Wildman–Crippen MR) is 267 cm³/mol. The fraction of sp³-hybridized carbons (Fsp3) is 0. The molecular weight excluding hydrogens is 795 g/mol. The molecule has 0 saturated heterocycles. The van der Waals surface area contributed by atoms with E-state index in [0.717, 1.165) is 99.0 Å². The highest BCUT2D eigenvalue weighted by atomic mass is 16.3. The first-order valence-electron chi connectivity index (χ1n) is 21.9. The van der Waals surface area contributed by atoms with E-state index in [1.807, 2.05) is 18.2 Å². The number of benzene rings is 10. The van der Waals surface area contributed by atoms with Gasteiger partial charge in [0.25, 0.3) is 0 Å². The van der Waals surface area contributed by atoms with Gasteiger partial charge in [-0.15, -0.1) is 0 Å². The van der Waals surface area contributed by atoms with E-state index in [1.165, 1.54) is 16.2 Å². The highest BCUT2D eigenvalue weighted by Crippen LogP contribution is 2.45. The summed E-state index contributed by atoms with van der Waals surface area (Å²) in [6.45, 7) is 0. The van der Waals surface area contributed by atoms with E-state index in [4.69, 9.17) is 19.4 Å². The molecule has 0 spiro atoms. The third-order valence-corrected chi connectivity index (χ3v) is 13.1. The van der Waals surface area contributed by atoms with E-state index in [0.29, 0.717) is 17.5 Å². The van der Waals surface area contributed by atoms with Crippen LogP contribution in [0, 0.1) is 0 Å². The Hall–Kier alpha value is -8.87.